The largest absolute Gasteiger partial charge is 0.459 e. The van der Waals surface area contributed by atoms with E-state index in [1.807, 2.05) is 0 Å². The normalized spacial score (nSPS) is 19.9. The number of furan rings is 1. The van der Waals surface area contributed by atoms with Gasteiger partial charge in [-0.2, -0.15) is 4.31 Å². The van der Waals surface area contributed by atoms with Crippen LogP contribution in [0.5, 0.6) is 0 Å². The van der Waals surface area contributed by atoms with Gasteiger partial charge in [-0.25, -0.2) is 8.42 Å². The molecule has 2 aromatic rings. The summed E-state index contributed by atoms with van der Waals surface area (Å²) in [6.45, 7) is 0.931. The summed E-state index contributed by atoms with van der Waals surface area (Å²) in [4.78, 5) is 39.4. The molecule has 1 unspecified atom stereocenters. The number of carbonyl (C=O) groups is 2. The fourth-order valence-corrected chi connectivity index (χ4v) is 5.70. The Morgan fingerprint density at radius 1 is 1.03 bits per heavy atom. The van der Waals surface area contributed by atoms with Crippen molar-refractivity contribution in [3.63, 3.8) is 0 Å². The number of piperazine rings is 1. The van der Waals surface area contributed by atoms with E-state index in [2.05, 4.69) is 0 Å². The lowest BCUT2D eigenvalue weighted by Crippen LogP contribution is -2.57. The number of hydrogen-bond acceptors (Lipinski definition) is 7. The van der Waals surface area contributed by atoms with Crippen molar-refractivity contribution in [3.05, 3.63) is 58.5 Å². The molecule has 4 rings (SSSR count). The molecule has 0 N–H and O–H groups in total. The number of nitro groups is 1. The van der Waals surface area contributed by atoms with Crippen molar-refractivity contribution in [2.75, 3.05) is 32.7 Å². The van der Waals surface area contributed by atoms with E-state index in [-0.39, 0.29) is 54.3 Å². The molecule has 0 bridgehead atoms. The summed E-state index contributed by atoms with van der Waals surface area (Å²) >= 11 is 0. The minimum absolute atomic E-state index is 0.0651. The highest BCUT2D eigenvalue weighted by atomic mass is 32.2. The van der Waals surface area contributed by atoms with Crippen LogP contribution in [0.4, 0.5) is 5.69 Å². The second-order valence-corrected chi connectivity index (χ2v) is 9.91. The minimum atomic E-state index is -3.93. The average Bonchev–Trinajstić information content (AvgIpc) is 3.38. The highest BCUT2D eigenvalue weighted by Gasteiger charge is 2.38. The van der Waals surface area contributed by atoms with E-state index in [0.29, 0.717) is 13.0 Å². The molecule has 0 radical (unpaired) electrons. The molecule has 1 aromatic heterocycles. The van der Waals surface area contributed by atoms with Crippen LogP contribution < -0.4 is 0 Å². The van der Waals surface area contributed by atoms with Gasteiger partial charge in [-0.05, 0) is 37.5 Å². The highest BCUT2D eigenvalue weighted by Crippen LogP contribution is 2.25. The summed E-state index contributed by atoms with van der Waals surface area (Å²) in [5, 5.41) is 11.0. The standard InChI is InChI=1S/C21H24N4O7S/c26-20(18-7-1-2-9-24(18)21(27)19-8-4-14-32-19)22-10-12-23(13-11-22)33(30,31)17-6-3-5-16(15-17)25(28)29/h3-6,8,14-15,18H,1-2,7,9-13H2. The zero-order chi connectivity index (χ0) is 23.6. The van der Waals surface area contributed by atoms with Crippen molar-refractivity contribution in [2.24, 2.45) is 0 Å². The zero-order valence-corrected chi connectivity index (χ0v) is 18.6. The van der Waals surface area contributed by atoms with Gasteiger partial charge >= 0.3 is 0 Å². The highest BCUT2D eigenvalue weighted by molar-refractivity contribution is 7.89. The van der Waals surface area contributed by atoms with Crippen LogP contribution in [0.15, 0.2) is 52.0 Å². The topological polar surface area (TPSA) is 134 Å². The fourth-order valence-electron chi connectivity index (χ4n) is 4.24. The molecule has 0 aliphatic carbocycles. The molecule has 11 nitrogen and oxygen atoms in total. The Morgan fingerprint density at radius 2 is 1.79 bits per heavy atom. The molecular formula is C21H24N4O7S. The number of likely N-dealkylation sites (tertiary alicyclic amines) is 1. The van der Waals surface area contributed by atoms with Crippen molar-refractivity contribution < 1.29 is 27.3 Å². The lowest BCUT2D eigenvalue weighted by atomic mass is 10.00. The van der Waals surface area contributed by atoms with Gasteiger partial charge in [-0.1, -0.05) is 6.07 Å². The number of benzene rings is 1. The van der Waals surface area contributed by atoms with Gasteiger partial charge in [0.2, 0.25) is 15.9 Å². The van der Waals surface area contributed by atoms with Crippen molar-refractivity contribution in [1.29, 1.82) is 0 Å². The summed E-state index contributed by atoms with van der Waals surface area (Å²) in [5.74, 6) is -0.352. The fraction of sp³-hybridized carbons (Fsp3) is 0.429. The van der Waals surface area contributed by atoms with Gasteiger partial charge in [0, 0.05) is 44.9 Å². The Bertz CT molecular complexity index is 1140. The van der Waals surface area contributed by atoms with Crippen LogP contribution in [0.2, 0.25) is 0 Å². The molecule has 33 heavy (non-hydrogen) atoms. The van der Waals surface area contributed by atoms with Crippen molar-refractivity contribution in [1.82, 2.24) is 14.1 Å². The Labute approximate surface area is 190 Å². The first-order valence-electron chi connectivity index (χ1n) is 10.7. The molecule has 1 atom stereocenters. The van der Waals surface area contributed by atoms with Crippen LogP contribution in [0.3, 0.4) is 0 Å². The molecular weight excluding hydrogens is 452 g/mol. The van der Waals surface area contributed by atoms with Crippen LogP contribution >= 0.6 is 0 Å². The van der Waals surface area contributed by atoms with E-state index in [4.69, 9.17) is 4.42 Å². The van der Waals surface area contributed by atoms with Crippen LogP contribution in [0, 0.1) is 10.1 Å². The van der Waals surface area contributed by atoms with E-state index < -0.39 is 21.0 Å². The number of rotatable bonds is 5. The third-order valence-electron chi connectivity index (χ3n) is 6.00. The predicted molar refractivity (Wildman–Crippen MR) is 116 cm³/mol. The number of carbonyl (C=O) groups excluding carboxylic acids is 2. The molecule has 3 heterocycles. The number of hydrogen-bond donors (Lipinski definition) is 0. The number of amides is 2. The Kier molecular flexibility index (Phi) is 6.47. The quantitative estimate of drug-likeness (QED) is 0.474. The molecule has 2 aliphatic rings. The third-order valence-corrected chi connectivity index (χ3v) is 7.89. The number of non-ortho nitro benzene ring substituents is 1. The molecule has 0 spiro atoms. The van der Waals surface area contributed by atoms with Crippen molar-refractivity contribution in [2.45, 2.75) is 30.2 Å². The van der Waals surface area contributed by atoms with Crippen LogP contribution in [-0.4, -0.2) is 78.0 Å². The molecule has 2 saturated heterocycles. The van der Waals surface area contributed by atoms with Crippen molar-refractivity contribution >= 4 is 27.5 Å². The Morgan fingerprint density at radius 3 is 2.45 bits per heavy atom. The van der Waals surface area contributed by atoms with Crippen molar-refractivity contribution in [3.8, 4) is 0 Å². The van der Waals surface area contributed by atoms with Gasteiger partial charge in [-0.15, -0.1) is 0 Å². The Hall–Kier alpha value is -3.25. The van der Waals surface area contributed by atoms with Gasteiger partial charge in [-0.3, -0.25) is 19.7 Å². The Balaban J connectivity index is 1.43. The summed E-state index contributed by atoms with van der Waals surface area (Å²) in [6.07, 6.45) is 3.57. The van der Waals surface area contributed by atoms with E-state index in [9.17, 15) is 28.1 Å². The number of piperidine rings is 1. The SMILES string of the molecule is O=C(C1CCCCN1C(=O)c1ccco1)N1CCN(S(=O)(=O)c2cccc([N+](=O)[O-])c2)CC1. The first-order chi connectivity index (χ1) is 15.8. The van der Waals surface area contributed by atoms with Gasteiger partial charge < -0.3 is 14.2 Å². The van der Waals surface area contributed by atoms with Crippen LogP contribution in [0.1, 0.15) is 29.8 Å². The van der Waals surface area contributed by atoms with Crippen LogP contribution in [-0.2, 0) is 14.8 Å². The monoisotopic (exact) mass is 476 g/mol. The number of nitrogens with zero attached hydrogens (tertiary/aromatic N) is 4. The summed E-state index contributed by atoms with van der Waals surface area (Å²) in [7, 11) is -3.93. The molecule has 2 amide bonds. The number of nitro benzene ring substituents is 1. The maximum absolute atomic E-state index is 13.2. The molecule has 176 valence electrons. The van der Waals surface area contributed by atoms with Gasteiger partial charge in [0.25, 0.3) is 11.6 Å². The molecule has 0 saturated carbocycles. The number of sulfonamides is 1. The second-order valence-electron chi connectivity index (χ2n) is 7.97. The average molecular weight is 477 g/mol. The second kappa shape index (κ2) is 9.32. The van der Waals surface area contributed by atoms with Gasteiger partial charge in [0.15, 0.2) is 5.76 Å². The smallest absolute Gasteiger partial charge is 0.290 e. The van der Waals surface area contributed by atoms with E-state index >= 15 is 0 Å². The van der Waals surface area contributed by atoms with E-state index in [1.54, 1.807) is 17.0 Å². The lowest BCUT2D eigenvalue weighted by Gasteiger charge is -2.40. The third kappa shape index (κ3) is 4.62. The first-order valence-corrected chi connectivity index (χ1v) is 12.1. The zero-order valence-electron chi connectivity index (χ0n) is 17.8. The molecule has 2 aliphatic heterocycles. The maximum Gasteiger partial charge on any atom is 0.290 e. The van der Waals surface area contributed by atoms with E-state index in [1.165, 1.54) is 33.7 Å². The lowest BCUT2D eigenvalue weighted by molar-refractivity contribution is -0.385. The predicted octanol–water partition coefficient (Wildman–Crippen LogP) is 1.72. The summed E-state index contributed by atoms with van der Waals surface area (Å²) in [5.41, 5.74) is -0.302. The molecule has 1 aromatic carbocycles. The molecule has 12 heteroatoms. The first kappa shape index (κ1) is 22.9. The summed E-state index contributed by atoms with van der Waals surface area (Å²) in [6, 6.07) is 7.49. The van der Waals surface area contributed by atoms with Crippen LogP contribution in [0.25, 0.3) is 0 Å². The van der Waals surface area contributed by atoms with E-state index in [0.717, 1.165) is 18.9 Å². The summed E-state index contributed by atoms with van der Waals surface area (Å²) < 4.78 is 32.3. The minimum Gasteiger partial charge on any atom is -0.459 e. The maximum atomic E-state index is 13.2. The van der Waals surface area contributed by atoms with Gasteiger partial charge in [0.05, 0.1) is 16.1 Å². The molecule has 2 fully saturated rings. The van der Waals surface area contributed by atoms with Gasteiger partial charge in [0.1, 0.15) is 6.04 Å².